The number of hydrogen-bond acceptors (Lipinski definition) is 6. The number of ketones is 1. The first-order valence-electron chi connectivity index (χ1n) is 8.19. The number of rotatable bonds is 7. The summed E-state index contributed by atoms with van der Waals surface area (Å²) in [5.74, 6) is -0.368. The van der Waals surface area contributed by atoms with Crippen LogP contribution in [0.25, 0.3) is 0 Å². The molecule has 0 fully saturated rings. The molecular weight excluding hydrogens is 407 g/mol. The summed E-state index contributed by atoms with van der Waals surface area (Å²) in [7, 11) is 4.32. The number of halogens is 2. The van der Waals surface area contributed by atoms with Crippen molar-refractivity contribution in [3.8, 4) is 23.0 Å². The fourth-order valence-electron chi connectivity index (χ4n) is 2.89. The summed E-state index contributed by atoms with van der Waals surface area (Å²) in [5, 5.41) is 0. The van der Waals surface area contributed by atoms with Gasteiger partial charge < -0.3 is 18.9 Å². The van der Waals surface area contributed by atoms with Crippen LogP contribution in [0.3, 0.4) is 0 Å². The third-order valence-electron chi connectivity index (χ3n) is 4.05. The molecule has 0 aromatic heterocycles. The highest BCUT2D eigenvalue weighted by atomic mass is 35.5. The van der Waals surface area contributed by atoms with E-state index in [1.165, 1.54) is 26.4 Å². The van der Waals surface area contributed by atoms with E-state index < -0.39 is 10.8 Å². The van der Waals surface area contributed by atoms with Crippen molar-refractivity contribution in [2.75, 3.05) is 21.3 Å². The van der Waals surface area contributed by atoms with Crippen LogP contribution in [0, 0.1) is 13.8 Å². The first kappa shape index (κ1) is 21.9. The van der Waals surface area contributed by atoms with Crippen molar-refractivity contribution in [1.82, 2.24) is 0 Å². The van der Waals surface area contributed by atoms with Gasteiger partial charge >= 0.3 is 5.97 Å². The molecule has 0 saturated carbocycles. The summed E-state index contributed by atoms with van der Waals surface area (Å²) in [6.45, 7) is 3.70. The highest BCUT2D eigenvalue weighted by Gasteiger charge is 2.26. The lowest BCUT2D eigenvalue weighted by Crippen LogP contribution is -2.17. The minimum absolute atomic E-state index is 0.0396. The molecule has 0 aliphatic rings. The van der Waals surface area contributed by atoms with E-state index in [-0.39, 0.29) is 28.6 Å². The van der Waals surface area contributed by atoms with Gasteiger partial charge in [-0.25, -0.2) is 4.79 Å². The highest BCUT2D eigenvalue weighted by molar-refractivity contribution is 6.53. The first-order chi connectivity index (χ1) is 13.2. The number of benzene rings is 2. The SMILES string of the molecule is COc1ccc(C(=O)c2cc(C)c(OC)c(C)c2)c(OC)c1OC(=O)C(Cl)Cl. The van der Waals surface area contributed by atoms with Crippen LogP contribution in [0.15, 0.2) is 24.3 Å². The average molecular weight is 427 g/mol. The van der Waals surface area contributed by atoms with E-state index in [0.717, 1.165) is 11.1 Å². The summed E-state index contributed by atoms with van der Waals surface area (Å²) < 4.78 is 21.1. The quantitative estimate of drug-likeness (QED) is 0.285. The Morgan fingerprint density at radius 3 is 1.89 bits per heavy atom. The number of carbonyl (C=O) groups is 2. The van der Waals surface area contributed by atoms with E-state index in [2.05, 4.69) is 0 Å². The number of carbonyl (C=O) groups excluding carboxylic acids is 2. The molecule has 0 unspecified atom stereocenters. The van der Waals surface area contributed by atoms with E-state index >= 15 is 0 Å². The number of aryl methyl sites for hydroxylation is 2. The molecule has 0 aliphatic carbocycles. The Morgan fingerprint density at radius 1 is 0.857 bits per heavy atom. The monoisotopic (exact) mass is 426 g/mol. The van der Waals surface area contributed by atoms with Crippen molar-refractivity contribution < 1.29 is 28.5 Å². The molecule has 28 heavy (non-hydrogen) atoms. The van der Waals surface area contributed by atoms with Gasteiger partial charge in [-0.2, -0.15) is 0 Å². The molecule has 0 atom stereocenters. The van der Waals surface area contributed by atoms with Crippen molar-refractivity contribution in [3.05, 3.63) is 46.5 Å². The Hall–Kier alpha value is -2.44. The highest BCUT2D eigenvalue weighted by Crippen LogP contribution is 2.41. The molecule has 150 valence electrons. The van der Waals surface area contributed by atoms with E-state index in [1.807, 2.05) is 13.8 Å². The van der Waals surface area contributed by atoms with E-state index in [9.17, 15) is 9.59 Å². The molecule has 0 amide bonds. The number of ether oxygens (including phenoxy) is 4. The zero-order valence-corrected chi connectivity index (χ0v) is 17.6. The summed E-state index contributed by atoms with van der Waals surface area (Å²) >= 11 is 11.1. The molecule has 2 aromatic carbocycles. The number of alkyl halides is 2. The van der Waals surface area contributed by atoms with Crippen LogP contribution >= 0.6 is 23.2 Å². The summed E-state index contributed by atoms with van der Waals surface area (Å²) in [6, 6.07) is 6.47. The van der Waals surface area contributed by atoms with Gasteiger partial charge in [-0.1, -0.05) is 23.2 Å². The summed E-state index contributed by atoms with van der Waals surface area (Å²) in [5.41, 5.74) is 2.26. The van der Waals surface area contributed by atoms with Gasteiger partial charge in [0, 0.05) is 5.56 Å². The molecule has 0 bridgehead atoms. The molecule has 2 aromatic rings. The Bertz CT molecular complexity index is 885. The maximum Gasteiger partial charge on any atom is 0.345 e. The van der Waals surface area contributed by atoms with Crippen molar-refractivity contribution >= 4 is 35.0 Å². The second-order valence-electron chi connectivity index (χ2n) is 5.87. The van der Waals surface area contributed by atoms with Crippen LogP contribution in [0.1, 0.15) is 27.0 Å². The van der Waals surface area contributed by atoms with Crippen LogP contribution < -0.4 is 18.9 Å². The van der Waals surface area contributed by atoms with Gasteiger partial charge in [-0.3, -0.25) is 4.79 Å². The van der Waals surface area contributed by atoms with Gasteiger partial charge in [0.1, 0.15) is 5.75 Å². The van der Waals surface area contributed by atoms with Crippen LogP contribution in [-0.2, 0) is 4.79 Å². The Balaban J connectivity index is 2.59. The maximum absolute atomic E-state index is 13.1. The minimum atomic E-state index is -1.40. The molecule has 8 heteroatoms. The minimum Gasteiger partial charge on any atom is -0.496 e. The normalized spacial score (nSPS) is 10.6. The zero-order valence-electron chi connectivity index (χ0n) is 16.1. The van der Waals surface area contributed by atoms with Gasteiger partial charge in [0.15, 0.2) is 17.3 Å². The van der Waals surface area contributed by atoms with E-state index in [0.29, 0.717) is 11.3 Å². The van der Waals surface area contributed by atoms with Gasteiger partial charge in [-0.05, 0) is 49.2 Å². The largest absolute Gasteiger partial charge is 0.496 e. The van der Waals surface area contributed by atoms with Gasteiger partial charge in [0.25, 0.3) is 0 Å². The van der Waals surface area contributed by atoms with Gasteiger partial charge in [0.2, 0.25) is 10.6 Å². The Kier molecular flexibility index (Phi) is 7.16. The molecule has 0 aliphatic heterocycles. The molecule has 0 heterocycles. The average Bonchev–Trinajstić information content (AvgIpc) is 2.66. The molecular formula is C20H20Cl2O6. The number of esters is 1. The molecule has 0 saturated heterocycles. The predicted molar refractivity (Wildman–Crippen MR) is 107 cm³/mol. The number of hydrogen-bond donors (Lipinski definition) is 0. The third-order valence-corrected chi connectivity index (χ3v) is 4.41. The Morgan fingerprint density at radius 2 is 1.43 bits per heavy atom. The fourth-order valence-corrected chi connectivity index (χ4v) is 2.98. The maximum atomic E-state index is 13.1. The first-order valence-corrected chi connectivity index (χ1v) is 9.07. The van der Waals surface area contributed by atoms with Crippen LogP contribution in [0.2, 0.25) is 0 Å². The van der Waals surface area contributed by atoms with Crippen molar-refractivity contribution in [1.29, 1.82) is 0 Å². The molecule has 2 rings (SSSR count). The van der Waals surface area contributed by atoms with Crippen molar-refractivity contribution in [2.24, 2.45) is 0 Å². The predicted octanol–water partition coefficient (Wildman–Crippen LogP) is 4.27. The van der Waals surface area contributed by atoms with Crippen LogP contribution in [0.5, 0.6) is 23.0 Å². The number of methoxy groups -OCH3 is 3. The van der Waals surface area contributed by atoms with E-state index in [4.69, 9.17) is 42.1 Å². The van der Waals surface area contributed by atoms with Crippen molar-refractivity contribution in [2.45, 2.75) is 18.7 Å². The molecule has 0 spiro atoms. The van der Waals surface area contributed by atoms with Crippen molar-refractivity contribution in [3.63, 3.8) is 0 Å². The summed E-state index contributed by atoms with van der Waals surface area (Å²) in [4.78, 5) is 23.6. The lowest BCUT2D eigenvalue weighted by atomic mass is 9.97. The molecule has 6 nitrogen and oxygen atoms in total. The fraction of sp³-hybridized carbons (Fsp3) is 0.300. The summed E-state index contributed by atoms with van der Waals surface area (Å²) in [6.07, 6.45) is 0. The second-order valence-corrected chi connectivity index (χ2v) is 6.97. The van der Waals surface area contributed by atoms with E-state index in [1.54, 1.807) is 19.2 Å². The smallest absolute Gasteiger partial charge is 0.345 e. The lowest BCUT2D eigenvalue weighted by molar-refractivity contribution is -0.132. The third kappa shape index (κ3) is 4.34. The second kappa shape index (κ2) is 9.17. The topological polar surface area (TPSA) is 71.1 Å². The van der Waals surface area contributed by atoms with Crippen LogP contribution in [0.4, 0.5) is 0 Å². The molecule has 0 radical (unpaired) electrons. The standard InChI is InChI=1S/C20H20Cl2O6/c1-10-8-12(9-11(2)16(10)26-4)15(23)13-6-7-14(25-3)18(17(13)27-5)28-20(24)19(21)22/h6-9,19H,1-5H3. The molecule has 0 N–H and O–H groups in total. The van der Waals surface area contributed by atoms with Crippen LogP contribution in [-0.4, -0.2) is 37.9 Å². The lowest BCUT2D eigenvalue weighted by Gasteiger charge is -2.17. The van der Waals surface area contributed by atoms with Gasteiger partial charge in [0.05, 0.1) is 26.9 Å². The zero-order chi connectivity index (χ0) is 21.0. The Labute approximate surface area is 173 Å². The van der Waals surface area contributed by atoms with Gasteiger partial charge in [-0.15, -0.1) is 0 Å².